The van der Waals surface area contributed by atoms with Gasteiger partial charge in [-0.1, -0.05) is 40.5 Å². The fraction of sp³-hybridized carbons (Fsp3) is 0.765. The lowest BCUT2D eigenvalue weighted by Crippen LogP contribution is -2.42. The van der Waals surface area contributed by atoms with Crippen molar-refractivity contribution in [2.75, 3.05) is 13.1 Å². The highest BCUT2D eigenvalue weighted by Crippen LogP contribution is 2.31. The fourth-order valence-corrected chi connectivity index (χ4v) is 3.90. The number of hydrogen-bond donors (Lipinski definition) is 1. The second-order valence-corrected chi connectivity index (χ2v) is 7.05. The molecule has 2 unspecified atom stereocenters. The first-order valence-electron chi connectivity index (χ1n) is 8.13. The van der Waals surface area contributed by atoms with Crippen LogP contribution in [0.4, 0.5) is 0 Å². The van der Waals surface area contributed by atoms with Gasteiger partial charge < -0.3 is 5.73 Å². The summed E-state index contributed by atoms with van der Waals surface area (Å²) >= 11 is 1.90. The van der Waals surface area contributed by atoms with E-state index in [4.69, 9.17) is 5.73 Å². The predicted octanol–water partition coefficient (Wildman–Crippen LogP) is 4.59. The number of nitrogens with zero attached hydrogens (tertiary/aromatic N) is 1. The van der Waals surface area contributed by atoms with Crippen molar-refractivity contribution >= 4 is 11.3 Å². The monoisotopic (exact) mass is 296 g/mol. The van der Waals surface area contributed by atoms with E-state index in [0.717, 1.165) is 18.9 Å². The third kappa shape index (κ3) is 4.57. The molecule has 0 aliphatic carbocycles. The van der Waals surface area contributed by atoms with Crippen molar-refractivity contribution in [3.63, 3.8) is 0 Å². The molecule has 2 atom stereocenters. The van der Waals surface area contributed by atoms with E-state index in [1.807, 2.05) is 11.3 Å². The number of rotatable bonds is 9. The largest absolute Gasteiger partial charge is 0.326 e. The highest BCUT2D eigenvalue weighted by molar-refractivity contribution is 7.12. The Morgan fingerprint density at radius 3 is 2.15 bits per heavy atom. The molecule has 0 aliphatic heterocycles. The molecular weight excluding hydrogens is 264 g/mol. The number of likely N-dealkylation sites (N-methyl/N-ethyl adjacent to an activating group) is 1. The standard InChI is InChI=1S/C17H32N2S/c1-6-14(7-2)12-19(9-4)17(15(18)8-3)16-11-10-13(5)20-16/h10-11,14-15,17H,6-9,12,18H2,1-5H3. The van der Waals surface area contributed by atoms with E-state index in [2.05, 4.69) is 51.7 Å². The van der Waals surface area contributed by atoms with Gasteiger partial charge in [0.15, 0.2) is 0 Å². The van der Waals surface area contributed by atoms with Crippen LogP contribution in [-0.2, 0) is 0 Å². The molecule has 1 rings (SSSR count). The van der Waals surface area contributed by atoms with Gasteiger partial charge >= 0.3 is 0 Å². The van der Waals surface area contributed by atoms with Crippen LogP contribution in [0.2, 0.25) is 0 Å². The van der Waals surface area contributed by atoms with Crippen LogP contribution in [0.1, 0.15) is 62.8 Å². The summed E-state index contributed by atoms with van der Waals surface area (Å²) in [5, 5.41) is 0. The van der Waals surface area contributed by atoms with E-state index in [1.54, 1.807) is 0 Å². The molecule has 20 heavy (non-hydrogen) atoms. The summed E-state index contributed by atoms with van der Waals surface area (Å²) in [5.41, 5.74) is 6.46. The van der Waals surface area contributed by atoms with Gasteiger partial charge in [0.05, 0.1) is 6.04 Å². The molecule has 0 amide bonds. The van der Waals surface area contributed by atoms with E-state index in [0.29, 0.717) is 6.04 Å². The first-order chi connectivity index (χ1) is 9.57. The van der Waals surface area contributed by atoms with E-state index in [-0.39, 0.29) is 6.04 Å². The third-order valence-electron chi connectivity index (χ3n) is 4.38. The Hall–Kier alpha value is -0.380. The van der Waals surface area contributed by atoms with E-state index in [1.165, 1.54) is 29.1 Å². The molecule has 116 valence electrons. The van der Waals surface area contributed by atoms with Crippen molar-refractivity contribution in [1.82, 2.24) is 4.90 Å². The van der Waals surface area contributed by atoms with E-state index < -0.39 is 0 Å². The zero-order valence-electron chi connectivity index (χ0n) is 13.9. The topological polar surface area (TPSA) is 29.3 Å². The number of thiophene rings is 1. The molecule has 1 heterocycles. The van der Waals surface area contributed by atoms with Crippen molar-refractivity contribution in [3.8, 4) is 0 Å². The molecule has 0 fully saturated rings. The average molecular weight is 297 g/mol. The lowest BCUT2D eigenvalue weighted by molar-refractivity contribution is 0.150. The van der Waals surface area contributed by atoms with Gasteiger partial charge in [-0.05, 0) is 37.9 Å². The molecule has 0 saturated heterocycles. The molecular formula is C17H32N2S. The molecule has 0 radical (unpaired) electrons. The zero-order chi connectivity index (χ0) is 15.1. The zero-order valence-corrected chi connectivity index (χ0v) is 14.7. The summed E-state index contributed by atoms with van der Waals surface area (Å²) in [7, 11) is 0. The van der Waals surface area contributed by atoms with Crippen molar-refractivity contribution < 1.29 is 0 Å². The van der Waals surface area contributed by atoms with Gasteiger partial charge in [0.25, 0.3) is 0 Å². The summed E-state index contributed by atoms with van der Waals surface area (Å²) in [6.45, 7) is 13.5. The molecule has 2 nitrogen and oxygen atoms in total. The molecule has 0 saturated carbocycles. The van der Waals surface area contributed by atoms with Crippen LogP contribution < -0.4 is 5.73 Å². The summed E-state index contributed by atoms with van der Waals surface area (Å²) < 4.78 is 0. The number of nitrogens with two attached hydrogens (primary N) is 1. The lowest BCUT2D eigenvalue weighted by Gasteiger charge is -2.36. The van der Waals surface area contributed by atoms with Crippen molar-refractivity contribution in [1.29, 1.82) is 0 Å². The van der Waals surface area contributed by atoms with Crippen molar-refractivity contribution in [2.24, 2.45) is 11.7 Å². The van der Waals surface area contributed by atoms with Crippen LogP contribution in [0.3, 0.4) is 0 Å². The second-order valence-electron chi connectivity index (χ2n) is 5.74. The molecule has 0 spiro atoms. The highest BCUT2D eigenvalue weighted by Gasteiger charge is 2.27. The molecule has 2 N–H and O–H groups in total. The molecule has 1 aromatic rings. The Morgan fingerprint density at radius 1 is 1.10 bits per heavy atom. The summed E-state index contributed by atoms with van der Waals surface area (Å²) in [4.78, 5) is 5.41. The minimum absolute atomic E-state index is 0.224. The molecule has 0 aromatic carbocycles. The normalized spacial score (nSPS) is 15.0. The van der Waals surface area contributed by atoms with Crippen LogP contribution in [0.25, 0.3) is 0 Å². The Balaban J connectivity index is 2.95. The molecule has 0 bridgehead atoms. The summed E-state index contributed by atoms with van der Waals surface area (Å²) in [6.07, 6.45) is 3.54. The Kier molecular flexibility index (Phi) is 7.78. The minimum atomic E-state index is 0.224. The number of aryl methyl sites for hydroxylation is 1. The number of hydrogen-bond acceptors (Lipinski definition) is 3. The van der Waals surface area contributed by atoms with Gasteiger partial charge in [-0.3, -0.25) is 4.90 Å². The smallest absolute Gasteiger partial charge is 0.0593 e. The van der Waals surface area contributed by atoms with Crippen molar-refractivity contribution in [3.05, 3.63) is 21.9 Å². The maximum Gasteiger partial charge on any atom is 0.0593 e. The first kappa shape index (κ1) is 17.7. The predicted molar refractivity (Wildman–Crippen MR) is 91.4 cm³/mol. The minimum Gasteiger partial charge on any atom is -0.326 e. The average Bonchev–Trinajstić information content (AvgIpc) is 2.88. The van der Waals surface area contributed by atoms with Gasteiger partial charge in [0.1, 0.15) is 0 Å². The maximum absolute atomic E-state index is 6.46. The van der Waals surface area contributed by atoms with Gasteiger partial charge in [-0.15, -0.1) is 11.3 Å². The SMILES string of the molecule is CCC(CC)CN(CC)C(c1ccc(C)s1)C(N)CC. The molecule has 0 aliphatic rings. The highest BCUT2D eigenvalue weighted by atomic mass is 32.1. The summed E-state index contributed by atoms with van der Waals surface area (Å²) in [5.74, 6) is 0.780. The molecule has 3 heteroatoms. The van der Waals surface area contributed by atoms with Gasteiger partial charge in [0.2, 0.25) is 0 Å². The van der Waals surface area contributed by atoms with E-state index >= 15 is 0 Å². The Bertz CT molecular complexity index is 371. The van der Waals surface area contributed by atoms with Gasteiger partial charge in [0, 0.05) is 22.3 Å². The second kappa shape index (κ2) is 8.81. The van der Waals surface area contributed by atoms with Crippen LogP contribution in [0, 0.1) is 12.8 Å². The Labute approximate surface area is 129 Å². The fourth-order valence-electron chi connectivity index (χ4n) is 2.82. The molecule has 1 aromatic heterocycles. The van der Waals surface area contributed by atoms with Crippen LogP contribution in [0.15, 0.2) is 12.1 Å². The quantitative estimate of drug-likeness (QED) is 0.722. The third-order valence-corrected chi connectivity index (χ3v) is 5.45. The first-order valence-corrected chi connectivity index (χ1v) is 8.94. The van der Waals surface area contributed by atoms with Gasteiger partial charge in [-0.25, -0.2) is 0 Å². The Morgan fingerprint density at radius 2 is 1.75 bits per heavy atom. The van der Waals surface area contributed by atoms with E-state index in [9.17, 15) is 0 Å². The van der Waals surface area contributed by atoms with Crippen molar-refractivity contribution in [2.45, 2.75) is 66.0 Å². The lowest BCUT2D eigenvalue weighted by atomic mass is 9.98. The van der Waals surface area contributed by atoms with Crippen LogP contribution in [0.5, 0.6) is 0 Å². The van der Waals surface area contributed by atoms with Gasteiger partial charge in [-0.2, -0.15) is 0 Å². The maximum atomic E-state index is 6.46. The summed E-state index contributed by atoms with van der Waals surface area (Å²) in [6, 6.07) is 5.10. The van der Waals surface area contributed by atoms with Crippen LogP contribution in [-0.4, -0.2) is 24.0 Å². The van der Waals surface area contributed by atoms with Crippen LogP contribution >= 0.6 is 11.3 Å².